The van der Waals surface area contributed by atoms with Crippen LogP contribution in [-0.4, -0.2) is 12.5 Å². The minimum atomic E-state index is -0.422. The van der Waals surface area contributed by atoms with Crippen LogP contribution in [0, 0.1) is 5.92 Å². The van der Waals surface area contributed by atoms with Gasteiger partial charge in [-0.25, -0.2) is 0 Å². The van der Waals surface area contributed by atoms with E-state index in [9.17, 15) is 4.79 Å². The summed E-state index contributed by atoms with van der Waals surface area (Å²) in [6.45, 7) is 0.919. The molecule has 0 saturated heterocycles. The first-order chi connectivity index (χ1) is 9.16. The molecule has 0 spiro atoms. The second kappa shape index (κ2) is 6.80. The Morgan fingerprint density at radius 3 is 2.58 bits per heavy atom. The van der Waals surface area contributed by atoms with Crippen LogP contribution in [0.1, 0.15) is 48.9 Å². The van der Waals surface area contributed by atoms with Gasteiger partial charge >= 0.3 is 0 Å². The molecule has 1 fully saturated rings. The van der Waals surface area contributed by atoms with Gasteiger partial charge in [0, 0.05) is 12.1 Å². The summed E-state index contributed by atoms with van der Waals surface area (Å²) in [5, 5.41) is 4.00. The van der Waals surface area contributed by atoms with Gasteiger partial charge in [0.15, 0.2) is 0 Å². The number of amides is 1. The molecule has 4 heteroatoms. The summed E-state index contributed by atoms with van der Waals surface area (Å²) in [5.41, 5.74) is 6.58. The van der Waals surface area contributed by atoms with E-state index in [0.29, 0.717) is 16.5 Å². The first-order valence-electron chi connectivity index (χ1n) is 7.00. The summed E-state index contributed by atoms with van der Waals surface area (Å²) in [5.74, 6) is 0.282. The monoisotopic (exact) mass is 280 g/mol. The highest BCUT2D eigenvalue weighted by atomic mass is 35.5. The zero-order chi connectivity index (χ0) is 13.7. The lowest BCUT2D eigenvalue weighted by Gasteiger charge is -2.16. The highest BCUT2D eigenvalue weighted by molar-refractivity contribution is 6.33. The minimum Gasteiger partial charge on any atom is -0.384 e. The second-order valence-electron chi connectivity index (χ2n) is 5.30. The summed E-state index contributed by atoms with van der Waals surface area (Å²) in [7, 11) is 0. The maximum atomic E-state index is 11.2. The molecule has 1 aliphatic carbocycles. The van der Waals surface area contributed by atoms with Crippen molar-refractivity contribution in [1.29, 1.82) is 0 Å². The van der Waals surface area contributed by atoms with E-state index < -0.39 is 5.91 Å². The van der Waals surface area contributed by atoms with Gasteiger partial charge in [-0.2, -0.15) is 0 Å². The molecule has 3 nitrogen and oxygen atoms in total. The molecule has 0 aliphatic heterocycles. The summed E-state index contributed by atoms with van der Waals surface area (Å²) in [6.07, 6.45) is 7.91. The van der Waals surface area contributed by atoms with Crippen LogP contribution in [0.3, 0.4) is 0 Å². The Bertz CT molecular complexity index is 440. The van der Waals surface area contributed by atoms with Gasteiger partial charge in [-0.15, -0.1) is 0 Å². The molecule has 0 aromatic heterocycles. The molecule has 1 aromatic carbocycles. The van der Waals surface area contributed by atoms with Gasteiger partial charge in [-0.05, 0) is 37.0 Å². The minimum absolute atomic E-state index is 0.422. The molecule has 2 rings (SSSR count). The zero-order valence-electron chi connectivity index (χ0n) is 11.1. The van der Waals surface area contributed by atoms with Crippen molar-refractivity contribution in [2.24, 2.45) is 11.7 Å². The normalized spacial score (nSPS) is 16.9. The SMILES string of the molecule is NC(=O)c1ccc(Cl)c(NCC2CCCCCC2)c1. The van der Waals surface area contributed by atoms with Crippen molar-refractivity contribution in [3.63, 3.8) is 0 Å². The number of nitrogens with two attached hydrogens (primary N) is 1. The average molecular weight is 281 g/mol. The van der Waals surface area contributed by atoms with Crippen LogP contribution in [0.15, 0.2) is 18.2 Å². The topological polar surface area (TPSA) is 55.1 Å². The highest BCUT2D eigenvalue weighted by Crippen LogP contribution is 2.26. The molecular weight excluding hydrogens is 260 g/mol. The molecule has 104 valence electrons. The first-order valence-corrected chi connectivity index (χ1v) is 7.38. The number of carbonyl (C=O) groups is 1. The lowest BCUT2D eigenvalue weighted by molar-refractivity contribution is 0.100. The van der Waals surface area contributed by atoms with Crippen molar-refractivity contribution >= 4 is 23.2 Å². The smallest absolute Gasteiger partial charge is 0.248 e. The second-order valence-corrected chi connectivity index (χ2v) is 5.70. The van der Waals surface area contributed by atoms with Gasteiger partial charge in [0.25, 0.3) is 0 Å². The number of hydrogen-bond donors (Lipinski definition) is 2. The summed E-state index contributed by atoms with van der Waals surface area (Å²) < 4.78 is 0. The van der Waals surface area contributed by atoms with Crippen LogP contribution in [0.5, 0.6) is 0 Å². The third-order valence-corrected chi connectivity index (χ3v) is 4.14. The molecule has 1 saturated carbocycles. The van der Waals surface area contributed by atoms with Gasteiger partial charge in [0.2, 0.25) is 5.91 Å². The number of anilines is 1. The molecule has 0 heterocycles. The Labute approximate surface area is 119 Å². The number of primary amides is 1. The lowest BCUT2D eigenvalue weighted by atomic mass is 10.0. The van der Waals surface area contributed by atoms with E-state index in [2.05, 4.69) is 5.32 Å². The predicted molar refractivity (Wildman–Crippen MR) is 79.7 cm³/mol. The standard InChI is InChI=1S/C15H21ClN2O/c16-13-8-7-12(15(17)19)9-14(13)18-10-11-5-3-1-2-4-6-11/h7-9,11,18H,1-6,10H2,(H2,17,19). The number of halogens is 1. The van der Waals surface area contributed by atoms with Crippen LogP contribution in [0.25, 0.3) is 0 Å². The molecule has 3 N–H and O–H groups in total. The maximum Gasteiger partial charge on any atom is 0.248 e. The molecule has 1 aliphatic rings. The Morgan fingerprint density at radius 2 is 1.95 bits per heavy atom. The van der Waals surface area contributed by atoms with Crippen LogP contribution in [0.4, 0.5) is 5.69 Å². The quantitative estimate of drug-likeness (QED) is 0.824. The molecule has 1 amide bonds. The van der Waals surface area contributed by atoms with Gasteiger partial charge < -0.3 is 11.1 Å². The van der Waals surface area contributed by atoms with Crippen molar-refractivity contribution < 1.29 is 4.79 Å². The number of carbonyl (C=O) groups excluding carboxylic acids is 1. The van der Waals surface area contributed by atoms with E-state index in [-0.39, 0.29) is 0 Å². The van der Waals surface area contributed by atoms with Gasteiger partial charge in [-0.1, -0.05) is 37.3 Å². The van der Waals surface area contributed by atoms with Crippen molar-refractivity contribution in [1.82, 2.24) is 0 Å². The third-order valence-electron chi connectivity index (χ3n) is 3.81. The Morgan fingerprint density at radius 1 is 1.26 bits per heavy atom. The fraction of sp³-hybridized carbons (Fsp3) is 0.533. The number of benzene rings is 1. The van der Waals surface area contributed by atoms with E-state index in [0.717, 1.165) is 12.2 Å². The Hall–Kier alpha value is -1.22. The summed E-state index contributed by atoms with van der Waals surface area (Å²) >= 11 is 6.14. The summed E-state index contributed by atoms with van der Waals surface area (Å²) in [6, 6.07) is 5.11. The lowest BCUT2D eigenvalue weighted by Crippen LogP contribution is -2.15. The third kappa shape index (κ3) is 4.13. The van der Waals surface area contributed by atoms with E-state index in [4.69, 9.17) is 17.3 Å². The van der Waals surface area contributed by atoms with Crippen molar-refractivity contribution in [3.05, 3.63) is 28.8 Å². The molecular formula is C15H21ClN2O. The van der Waals surface area contributed by atoms with Crippen LogP contribution >= 0.6 is 11.6 Å². The highest BCUT2D eigenvalue weighted by Gasteiger charge is 2.13. The van der Waals surface area contributed by atoms with Crippen LogP contribution < -0.4 is 11.1 Å². The van der Waals surface area contributed by atoms with E-state index in [1.807, 2.05) is 0 Å². The van der Waals surface area contributed by atoms with E-state index in [1.54, 1.807) is 18.2 Å². The molecule has 0 radical (unpaired) electrons. The van der Waals surface area contributed by atoms with Crippen LogP contribution in [-0.2, 0) is 0 Å². The largest absolute Gasteiger partial charge is 0.384 e. The zero-order valence-corrected chi connectivity index (χ0v) is 11.9. The van der Waals surface area contributed by atoms with Crippen molar-refractivity contribution in [2.75, 3.05) is 11.9 Å². The first kappa shape index (κ1) is 14.2. The number of rotatable bonds is 4. The van der Waals surface area contributed by atoms with Crippen molar-refractivity contribution in [3.8, 4) is 0 Å². The fourth-order valence-electron chi connectivity index (χ4n) is 2.64. The van der Waals surface area contributed by atoms with E-state index in [1.165, 1.54) is 38.5 Å². The fourth-order valence-corrected chi connectivity index (χ4v) is 2.82. The Kier molecular flexibility index (Phi) is 5.08. The molecule has 0 unspecified atom stereocenters. The summed E-state index contributed by atoms with van der Waals surface area (Å²) in [4.78, 5) is 11.2. The van der Waals surface area contributed by atoms with E-state index >= 15 is 0 Å². The van der Waals surface area contributed by atoms with Gasteiger partial charge in [-0.3, -0.25) is 4.79 Å². The average Bonchev–Trinajstić information content (AvgIpc) is 2.66. The number of nitrogens with one attached hydrogen (secondary N) is 1. The van der Waals surface area contributed by atoms with Gasteiger partial charge in [0.1, 0.15) is 0 Å². The molecule has 0 bridgehead atoms. The molecule has 0 atom stereocenters. The predicted octanol–water partition coefficient (Wildman–Crippen LogP) is 3.82. The van der Waals surface area contributed by atoms with Gasteiger partial charge in [0.05, 0.1) is 10.7 Å². The molecule has 1 aromatic rings. The van der Waals surface area contributed by atoms with Crippen molar-refractivity contribution in [2.45, 2.75) is 38.5 Å². The number of hydrogen-bond acceptors (Lipinski definition) is 2. The maximum absolute atomic E-state index is 11.2. The Balaban J connectivity index is 1.97. The van der Waals surface area contributed by atoms with Crippen LogP contribution in [0.2, 0.25) is 5.02 Å². The molecule has 19 heavy (non-hydrogen) atoms.